The molecule has 7 saturated carbocycles. The summed E-state index contributed by atoms with van der Waals surface area (Å²) >= 11 is 0. The Morgan fingerprint density at radius 3 is 2.29 bits per heavy atom. The highest BCUT2D eigenvalue weighted by Crippen LogP contribution is 2.63. The molecule has 6 bridgehead atoms. The number of hydrogen-bond acceptors (Lipinski definition) is 3. The summed E-state index contributed by atoms with van der Waals surface area (Å²) in [6.07, 6.45) is 6.81. The first kappa shape index (κ1) is 20.0. The number of ether oxygens (including phenoxy) is 1. The van der Waals surface area contributed by atoms with Crippen molar-refractivity contribution < 1.29 is 14.3 Å². The van der Waals surface area contributed by atoms with Gasteiger partial charge in [0.15, 0.2) is 5.78 Å². The molecule has 31 heavy (non-hydrogen) atoms. The zero-order chi connectivity index (χ0) is 21.5. The zero-order valence-corrected chi connectivity index (χ0v) is 19.1. The van der Waals surface area contributed by atoms with Crippen molar-refractivity contribution in [3.05, 3.63) is 35.9 Å². The lowest BCUT2D eigenvalue weighted by atomic mass is 9.45. The normalized spacial score (nSPS) is 46.3. The molecule has 166 valence electrons. The van der Waals surface area contributed by atoms with Crippen molar-refractivity contribution in [3.8, 4) is 0 Å². The maximum atomic E-state index is 13.6. The molecule has 0 saturated heterocycles. The summed E-state index contributed by atoms with van der Waals surface area (Å²) in [5, 5.41) is 0. The summed E-state index contributed by atoms with van der Waals surface area (Å²) in [7, 11) is 0. The molecule has 0 radical (unpaired) electrons. The first-order chi connectivity index (χ1) is 14.8. The van der Waals surface area contributed by atoms with Crippen LogP contribution in [0, 0.1) is 58.7 Å². The Bertz CT molecular complexity index is 889. The van der Waals surface area contributed by atoms with E-state index in [-0.39, 0.29) is 35.6 Å². The Morgan fingerprint density at radius 2 is 1.61 bits per heavy atom. The second-order valence-electron chi connectivity index (χ2n) is 12.2. The molecule has 0 amide bonds. The van der Waals surface area contributed by atoms with Gasteiger partial charge in [-0.2, -0.15) is 0 Å². The molecular weight excluding hydrogens is 384 g/mol. The fourth-order valence-corrected chi connectivity index (χ4v) is 8.97. The van der Waals surface area contributed by atoms with Crippen LogP contribution in [-0.2, 0) is 9.53 Å². The Balaban J connectivity index is 1.22. The highest BCUT2D eigenvalue weighted by atomic mass is 16.5. The number of carbonyl (C=O) groups is 2. The number of carbonyl (C=O) groups excluding carboxylic acids is 2. The molecule has 1 aromatic carbocycles. The van der Waals surface area contributed by atoms with Gasteiger partial charge in [0.1, 0.15) is 6.10 Å². The van der Waals surface area contributed by atoms with Crippen LogP contribution >= 0.6 is 0 Å². The van der Waals surface area contributed by atoms with E-state index in [1.807, 2.05) is 30.3 Å². The van der Waals surface area contributed by atoms with Gasteiger partial charge in [0.25, 0.3) is 0 Å². The van der Waals surface area contributed by atoms with Crippen LogP contribution in [0.2, 0.25) is 0 Å². The predicted octanol–water partition coefficient (Wildman–Crippen LogP) is 5.78. The average molecular weight is 421 g/mol. The van der Waals surface area contributed by atoms with Crippen molar-refractivity contribution in [1.29, 1.82) is 0 Å². The van der Waals surface area contributed by atoms with Crippen LogP contribution in [0.3, 0.4) is 0 Å². The molecule has 3 heteroatoms. The highest BCUT2D eigenvalue weighted by Gasteiger charge is 2.60. The minimum Gasteiger partial charge on any atom is -0.462 e. The van der Waals surface area contributed by atoms with Crippen LogP contribution in [0.15, 0.2) is 30.3 Å². The van der Waals surface area contributed by atoms with Gasteiger partial charge in [0, 0.05) is 11.5 Å². The SMILES string of the molecule is C[C@@H]1[C@@H](OC(=O)[C@@H]2[C@H]3C[C@@H]4C[C@H](C3)[C@@H](C(=O)c3ccccc3)[C@H]2C4)C[C@H]2C[C@@H]1C2(C)C. The molecule has 8 rings (SSSR count). The van der Waals surface area contributed by atoms with Crippen LogP contribution in [0.4, 0.5) is 0 Å². The highest BCUT2D eigenvalue weighted by molar-refractivity contribution is 5.98. The van der Waals surface area contributed by atoms with Crippen LogP contribution in [0.1, 0.15) is 69.7 Å². The number of benzene rings is 1. The molecule has 1 aromatic rings. The lowest BCUT2D eigenvalue weighted by Gasteiger charge is -2.62. The third kappa shape index (κ3) is 2.91. The lowest BCUT2D eigenvalue weighted by Crippen LogP contribution is -2.59. The van der Waals surface area contributed by atoms with Gasteiger partial charge in [-0.15, -0.1) is 0 Å². The average Bonchev–Trinajstić information content (AvgIpc) is 2.74. The van der Waals surface area contributed by atoms with Gasteiger partial charge >= 0.3 is 5.97 Å². The molecule has 7 fully saturated rings. The second kappa shape index (κ2) is 6.93. The number of fused-ring (bicyclic) bond motifs is 2. The first-order valence-corrected chi connectivity index (χ1v) is 12.6. The van der Waals surface area contributed by atoms with Gasteiger partial charge in [-0.05, 0) is 85.4 Å². The van der Waals surface area contributed by atoms with E-state index in [1.54, 1.807) is 0 Å². The summed E-state index contributed by atoms with van der Waals surface area (Å²) in [5.74, 6) is 3.82. The molecule has 0 spiro atoms. The minimum absolute atomic E-state index is 0.00358. The zero-order valence-electron chi connectivity index (χ0n) is 19.1. The number of esters is 1. The number of rotatable bonds is 4. The van der Waals surface area contributed by atoms with Crippen molar-refractivity contribution in [3.63, 3.8) is 0 Å². The second-order valence-corrected chi connectivity index (χ2v) is 12.2. The number of hydrogen-bond donors (Lipinski definition) is 0. The fraction of sp³-hybridized carbons (Fsp3) is 0.714. The van der Waals surface area contributed by atoms with Crippen LogP contribution in [0.5, 0.6) is 0 Å². The molecule has 0 heterocycles. The third-order valence-electron chi connectivity index (χ3n) is 10.6. The van der Waals surface area contributed by atoms with E-state index < -0.39 is 0 Å². The lowest BCUT2D eigenvalue weighted by molar-refractivity contribution is -0.199. The van der Waals surface area contributed by atoms with Crippen LogP contribution in [0.25, 0.3) is 0 Å². The topological polar surface area (TPSA) is 43.4 Å². The van der Waals surface area contributed by atoms with Gasteiger partial charge in [0.2, 0.25) is 0 Å². The van der Waals surface area contributed by atoms with Gasteiger partial charge in [-0.25, -0.2) is 0 Å². The van der Waals surface area contributed by atoms with E-state index in [4.69, 9.17) is 4.74 Å². The largest absolute Gasteiger partial charge is 0.462 e. The van der Waals surface area contributed by atoms with Gasteiger partial charge in [0.05, 0.1) is 5.92 Å². The monoisotopic (exact) mass is 420 g/mol. The Morgan fingerprint density at radius 1 is 0.903 bits per heavy atom. The van der Waals surface area contributed by atoms with E-state index in [0.717, 1.165) is 31.2 Å². The van der Waals surface area contributed by atoms with E-state index in [1.165, 1.54) is 12.8 Å². The van der Waals surface area contributed by atoms with Crippen molar-refractivity contribution in [1.82, 2.24) is 0 Å². The Kier molecular flexibility index (Phi) is 4.47. The van der Waals surface area contributed by atoms with Gasteiger partial charge in [-0.3, -0.25) is 9.59 Å². The van der Waals surface area contributed by atoms with E-state index >= 15 is 0 Å². The molecule has 10 atom stereocenters. The Labute approximate surface area is 186 Å². The van der Waals surface area contributed by atoms with Crippen molar-refractivity contribution in [2.24, 2.45) is 58.7 Å². The van der Waals surface area contributed by atoms with Gasteiger partial charge < -0.3 is 4.74 Å². The smallest absolute Gasteiger partial charge is 0.309 e. The van der Waals surface area contributed by atoms with Crippen molar-refractivity contribution >= 4 is 11.8 Å². The molecule has 0 aliphatic heterocycles. The van der Waals surface area contributed by atoms with Crippen LogP contribution < -0.4 is 0 Å². The van der Waals surface area contributed by atoms with E-state index in [9.17, 15) is 9.59 Å². The maximum Gasteiger partial charge on any atom is 0.309 e. The maximum absolute atomic E-state index is 13.6. The minimum atomic E-state index is -0.0658. The number of Topliss-reactive ketones (excluding diaryl/α,β-unsaturated/α-hetero) is 1. The predicted molar refractivity (Wildman–Crippen MR) is 119 cm³/mol. The van der Waals surface area contributed by atoms with Gasteiger partial charge in [-0.1, -0.05) is 51.1 Å². The molecular formula is C28H36O3. The molecule has 7 aliphatic carbocycles. The molecule has 7 aliphatic rings. The number of ketones is 1. The molecule has 3 nitrogen and oxygen atoms in total. The first-order valence-electron chi connectivity index (χ1n) is 12.6. The summed E-state index contributed by atoms with van der Waals surface area (Å²) in [6, 6.07) is 9.75. The molecule has 0 aromatic heterocycles. The standard InChI is InChI=1S/C28H36O3/c1-15-22-13-20(28(22,2)3)14-23(15)31-27(30)25-19-10-16-9-18(12-19)24(21(25)11-16)26(29)17-7-5-4-6-8-17/h4-8,15-16,18-25H,9-14H2,1-3H3/t15-,16-,18+,19-,20+,21+,22-,23-,24+,25+/m0/s1. The molecule has 0 unspecified atom stereocenters. The summed E-state index contributed by atoms with van der Waals surface area (Å²) in [4.78, 5) is 27.1. The van der Waals surface area contributed by atoms with Crippen molar-refractivity contribution in [2.45, 2.75) is 65.4 Å². The summed E-state index contributed by atoms with van der Waals surface area (Å²) < 4.78 is 6.31. The molecule has 0 N–H and O–H groups in total. The third-order valence-corrected chi connectivity index (χ3v) is 10.6. The van der Waals surface area contributed by atoms with E-state index in [0.29, 0.717) is 40.9 Å². The fourth-order valence-electron chi connectivity index (χ4n) is 8.97. The van der Waals surface area contributed by atoms with E-state index in [2.05, 4.69) is 20.8 Å². The summed E-state index contributed by atoms with van der Waals surface area (Å²) in [6.45, 7) is 7.06. The quantitative estimate of drug-likeness (QED) is 0.458. The summed E-state index contributed by atoms with van der Waals surface area (Å²) in [5.41, 5.74) is 1.22. The Hall–Kier alpha value is -1.64. The van der Waals surface area contributed by atoms with Crippen LogP contribution in [-0.4, -0.2) is 17.9 Å². The van der Waals surface area contributed by atoms with Crippen molar-refractivity contribution in [2.75, 3.05) is 0 Å².